The van der Waals surface area contributed by atoms with Crippen molar-refractivity contribution in [2.45, 2.75) is 51.4 Å². The van der Waals surface area contributed by atoms with Crippen LogP contribution in [0.3, 0.4) is 0 Å². The number of hydrogen-bond donors (Lipinski definition) is 2. The second-order valence-corrected chi connectivity index (χ2v) is 5.75. The van der Waals surface area contributed by atoms with Crippen LogP contribution >= 0.6 is 0 Å². The minimum absolute atomic E-state index is 0.124. The quantitative estimate of drug-likeness (QED) is 0.845. The highest BCUT2D eigenvalue weighted by molar-refractivity contribution is 5.28. The highest BCUT2D eigenvalue weighted by Crippen LogP contribution is 2.25. The van der Waals surface area contributed by atoms with E-state index in [-0.39, 0.29) is 17.9 Å². The normalized spacial score (nSPS) is 24.0. The summed E-state index contributed by atoms with van der Waals surface area (Å²) in [5.41, 5.74) is 1.05. The second kappa shape index (κ2) is 7.71. The number of alkyl halides is 2. The summed E-state index contributed by atoms with van der Waals surface area (Å²) in [5, 5.41) is 13.0. The Balaban J connectivity index is 1.78. The van der Waals surface area contributed by atoms with E-state index < -0.39 is 6.61 Å². The molecule has 21 heavy (non-hydrogen) atoms. The maximum Gasteiger partial charge on any atom is 0.387 e. The first-order valence-electron chi connectivity index (χ1n) is 7.51. The van der Waals surface area contributed by atoms with E-state index in [4.69, 9.17) is 0 Å². The summed E-state index contributed by atoms with van der Waals surface area (Å²) in [6.07, 6.45) is 3.77. The molecule has 3 nitrogen and oxygen atoms in total. The number of nitrogens with one attached hydrogen (secondary N) is 1. The minimum atomic E-state index is -2.78. The molecule has 1 atom stereocenters. The molecule has 2 rings (SSSR count). The van der Waals surface area contributed by atoms with Crippen molar-refractivity contribution in [3.63, 3.8) is 0 Å². The van der Waals surface area contributed by atoms with Gasteiger partial charge in [-0.15, -0.1) is 0 Å². The molecule has 1 fully saturated rings. The number of aliphatic hydroxyl groups excluding tert-OH is 1. The fraction of sp³-hybridized carbons (Fsp3) is 0.625. The van der Waals surface area contributed by atoms with Gasteiger partial charge < -0.3 is 15.2 Å². The van der Waals surface area contributed by atoms with Crippen LogP contribution in [0.15, 0.2) is 24.3 Å². The number of benzene rings is 1. The molecule has 0 heterocycles. The van der Waals surface area contributed by atoms with Crippen LogP contribution in [0.4, 0.5) is 8.78 Å². The number of rotatable bonds is 6. The third-order valence-corrected chi connectivity index (χ3v) is 4.13. The molecule has 0 radical (unpaired) electrons. The largest absolute Gasteiger partial charge is 0.435 e. The van der Waals surface area contributed by atoms with E-state index in [1.165, 1.54) is 0 Å². The molecule has 0 amide bonds. The molecule has 118 valence electrons. The van der Waals surface area contributed by atoms with Gasteiger partial charge in [0.05, 0.1) is 6.10 Å². The molecule has 0 aromatic heterocycles. The lowest BCUT2D eigenvalue weighted by molar-refractivity contribution is -0.0498. The van der Waals surface area contributed by atoms with E-state index >= 15 is 0 Å². The first-order valence-corrected chi connectivity index (χ1v) is 7.51. The molecule has 0 aliphatic heterocycles. The highest BCUT2D eigenvalue weighted by atomic mass is 19.3. The van der Waals surface area contributed by atoms with Crippen molar-refractivity contribution in [1.82, 2.24) is 5.32 Å². The van der Waals surface area contributed by atoms with E-state index in [1.54, 1.807) is 24.3 Å². The molecule has 2 N–H and O–H groups in total. The molecule has 0 spiro atoms. The average Bonchev–Trinajstić information content (AvgIpc) is 2.46. The second-order valence-electron chi connectivity index (χ2n) is 5.75. The number of aliphatic hydroxyl groups is 1. The SMILES string of the molecule is CC(NCC1CCC(O)CC1)c1ccc(OC(F)F)cc1. The molecule has 1 aromatic rings. The summed E-state index contributed by atoms with van der Waals surface area (Å²) < 4.78 is 28.5. The summed E-state index contributed by atoms with van der Waals surface area (Å²) in [5.74, 6) is 0.791. The van der Waals surface area contributed by atoms with Gasteiger partial charge in [0.2, 0.25) is 0 Å². The maximum atomic E-state index is 12.1. The summed E-state index contributed by atoms with van der Waals surface area (Å²) in [6, 6.07) is 6.91. The molecule has 5 heteroatoms. The predicted molar refractivity (Wildman–Crippen MR) is 77.5 cm³/mol. The van der Waals surface area contributed by atoms with Gasteiger partial charge in [0.25, 0.3) is 0 Å². The van der Waals surface area contributed by atoms with Gasteiger partial charge in [-0.05, 0) is 62.8 Å². The van der Waals surface area contributed by atoms with Crippen molar-refractivity contribution >= 4 is 0 Å². The van der Waals surface area contributed by atoms with Gasteiger partial charge in [-0.25, -0.2) is 0 Å². The van der Waals surface area contributed by atoms with E-state index in [2.05, 4.69) is 17.0 Å². The van der Waals surface area contributed by atoms with Gasteiger partial charge in [-0.2, -0.15) is 8.78 Å². The fourth-order valence-corrected chi connectivity index (χ4v) is 2.75. The van der Waals surface area contributed by atoms with Gasteiger partial charge in [0.15, 0.2) is 0 Å². The van der Waals surface area contributed by atoms with E-state index in [0.717, 1.165) is 37.8 Å². The zero-order valence-electron chi connectivity index (χ0n) is 12.3. The van der Waals surface area contributed by atoms with Gasteiger partial charge in [-0.1, -0.05) is 12.1 Å². The van der Waals surface area contributed by atoms with E-state index in [9.17, 15) is 13.9 Å². The first kappa shape index (κ1) is 16.2. The summed E-state index contributed by atoms with van der Waals surface area (Å²) in [4.78, 5) is 0. The summed E-state index contributed by atoms with van der Waals surface area (Å²) >= 11 is 0. The molecular weight excluding hydrogens is 276 g/mol. The van der Waals surface area contributed by atoms with Crippen LogP contribution < -0.4 is 10.1 Å². The number of ether oxygens (including phenoxy) is 1. The Morgan fingerprint density at radius 1 is 1.19 bits per heavy atom. The van der Waals surface area contributed by atoms with E-state index in [1.807, 2.05) is 0 Å². The molecule has 0 saturated heterocycles. The van der Waals surface area contributed by atoms with Crippen LogP contribution in [0, 0.1) is 5.92 Å². The molecule has 1 saturated carbocycles. The first-order chi connectivity index (χ1) is 10.0. The molecule has 1 aliphatic carbocycles. The molecule has 1 unspecified atom stereocenters. The smallest absolute Gasteiger partial charge is 0.387 e. The zero-order valence-corrected chi connectivity index (χ0v) is 12.3. The lowest BCUT2D eigenvalue weighted by Gasteiger charge is -2.27. The Morgan fingerprint density at radius 3 is 2.38 bits per heavy atom. The molecule has 1 aliphatic rings. The lowest BCUT2D eigenvalue weighted by Crippen LogP contribution is -2.29. The lowest BCUT2D eigenvalue weighted by atomic mass is 9.87. The third kappa shape index (κ3) is 5.25. The van der Waals surface area contributed by atoms with Crippen LogP contribution in [0.2, 0.25) is 0 Å². The van der Waals surface area contributed by atoms with Crippen LogP contribution in [0.1, 0.15) is 44.2 Å². The van der Waals surface area contributed by atoms with Gasteiger partial charge in [-0.3, -0.25) is 0 Å². The van der Waals surface area contributed by atoms with Gasteiger partial charge >= 0.3 is 6.61 Å². The van der Waals surface area contributed by atoms with E-state index in [0.29, 0.717) is 5.92 Å². The van der Waals surface area contributed by atoms with Crippen molar-refractivity contribution in [3.8, 4) is 5.75 Å². The summed E-state index contributed by atoms with van der Waals surface area (Å²) in [6.45, 7) is 0.192. The molecule has 0 bridgehead atoms. The monoisotopic (exact) mass is 299 g/mol. The van der Waals surface area contributed by atoms with Crippen molar-refractivity contribution in [2.75, 3.05) is 6.54 Å². The van der Waals surface area contributed by atoms with Crippen molar-refractivity contribution in [3.05, 3.63) is 29.8 Å². The highest BCUT2D eigenvalue weighted by Gasteiger charge is 2.19. The molecule has 1 aromatic carbocycles. The zero-order chi connectivity index (χ0) is 15.2. The third-order valence-electron chi connectivity index (χ3n) is 4.13. The Morgan fingerprint density at radius 2 is 1.81 bits per heavy atom. The Hall–Kier alpha value is -1.20. The standard InChI is InChI=1S/C16H23F2NO2/c1-11(19-10-12-2-6-14(20)7-3-12)13-4-8-15(9-5-13)21-16(17)18/h4-5,8-9,11-12,14,16,19-20H,2-3,6-7,10H2,1H3. The van der Waals surface area contributed by atoms with Gasteiger partial charge in [0, 0.05) is 6.04 Å². The van der Waals surface area contributed by atoms with Crippen LogP contribution in [0.5, 0.6) is 5.75 Å². The number of hydrogen-bond acceptors (Lipinski definition) is 3. The average molecular weight is 299 g/mol. The van der Waals surface area contributed by atoms with Crippen molar-refractivity contribution < 1.29 is 18.6 Å². The molecular formula is C16H23F2NO2. The van der Waals surface area contributed by atoms with Crippen LogP contribution in [-0.4, -0.2) is 24.4 Å². The van der Waals surface area contributed by atoms with Crippen molar-refractivity contribution in [2.24, 2.45) is 5.92 Å². The van der Waals surface area contributed by atoms with Crippen molar-refractivity contribution in [1.29, 1.82) is 0 Å². The fourth-order valence-electron chi connectivity index (χ4n) is 2.75. The van der Waals surface area contributed by atoms with Gasteiger partial charge in [0.1, 0.15) is 5.75 Å². The Bertz CT molecular complexity index is 417. The Labute approximate surface area is 124 Å². The minimum Gasteiger partial charge on any atom is -0.435 e. The number of halogens is 2. The topological polar surface area (TPSA) is 41.5 Å². The van der Waals surface area contributed by atoms with Crippen LogP contribution in [0.25, 0.3) is 0 Å². The maximum absolute atomic E-state index is 12.1. The summed E-state index contributed by atoms with van der Waals surface area (Å²) in [7, 11) is 0. The van der Waals surface area contributed by atoms with Crippen LogP contribution in [-0.2, 0) is 0 Å². The predicted octanol–water partition coefficient (Wildman–Crippen LogP) is 3.49. The Kier molecular flexibility index (Phi) is 5.94.